The van der Waals surface area contributed by atoms with Crippen molar-refractivity contribution in [3.63, 3.8) is 0 Å². The number of fused-ring (bicyclic) bond motifs is 1. The van der Waals surface area contributed by atoms with Gasteiger partial charge in [-0.3, -0.25) is 0 Å². The number of hydrogen-bond donors (Lipinski definition) is 0. The predicted octanol–water partition coefficient (Wildman–Crippen LogP) is 3.77. The summed E-state index contributed by atoms with van der Waals surface area (Å²) in [6, 6.07) is 6.45. The molecule has 7 heteroatoms. The number of alkyl halides is 4. The Morgan fingerprint density at radius 2 is 2.16 bits per heavy atom. The summed E-state index contributed by atoms with van der Waals surface area (Å²) >= 11 is 5.87. The number of benzene rings is 1. The van der Waals surface area contributed by atoms with Crippen molar-refractivity contribution < 1.29 is 13.2 Å². The first-order valence-corrected chi connectivity index (χ1v) is 5.87. The van der Waals surface area contributed by atoms with Crippen molar-refractivity contribution in [1.29, 1.82) is 5.26 Å². The topological polar surface area (TPSA) is 41.6 Å². The normalized spacial score (nSPS) is 13.5. The largest absolute Gasteiger partial charge is 0.406 e. The molecule has 0 aliphatic heterocycles. The molecule has 0 saturated carbocycles. The van der Waals surface area contributed by atoms with E-state index in [4.69, 9.17) is 16.9 Å². The fraction of sp³-hybridized carbons (Fsp3) is 0.333. The number of imidazole rings is 1. The minimum absolute atomic E-state index is 0.108. The Morgan fingerprint density at radius 1 is 1.47 bits per heavy atom. The monoisotopic (exact) mass is 287 g/mol. The smallest absolute Gasteiger partial charge is 0.317 e. The molecule has 2 rings (SSSR count). The summed E-state index contributed by atoms with van der Waals surface area (Å²) < 4.78 is 38.9. The van der Waals surface area contributed by atoms with Gasteiger partial charge in [-0.05, 0) is 19.1 Å². The maximum absolute atomic E-state index is 12.6. The number of rotatable bonds is 2. The maximum atomic E-state index is 12.6. The molecule has 19 heavy (non-hydrogen) atoms. The minimum atomic E-state index is -4.38. The van der Waals surface area contributed by atoms with E-state index < -0.39 is 18.1 Å². The molecule has 100 valence electrons. The lowest BCUT2D eigenvalue weighted by Crippen LogP contribution is -2.19. The van der Waals surface area contributed by atoms with Gasteiger partial charge in [-0.1, -0.05) is 6.07 Å². The second kappa shape index (κ2) is 4.74. The van der Waals surface area contributed by atoms with E-state index in [0.717, 1.165) is 4.57 Å². The van der Waals surface area contributed by atoms with Crippen LogP contribution in [0.25, 0.3) is 11.0 Å². The molecule has 2 aromatic rings. The van der Waals surface area contributed by atoms with E-state index in [1.54, 1.807) is 6.92 Å². The molecule has 0 fully saturated rings. The molecule has 0 bridgehead atoms. The lowest BCUT2D eigenvalue weighted by Gasteiger charge is -2.12. The number of nitrogens with zero attached hydrogens (tertiary/aromatic N) is 3. The van der Waals surface area contributed by atoms with Crippen LogP contribution in [-0.4, -0.2) is 15.7 Å². The zero-order chi connectivity index (χ0) is 14.2. The summed E-state index contributed by atoms with van der Waals surface area (Å²) in [5.41, 5.74) is 0.743. The quantitative estimate of drug-likeness (QED) is 0.789. The fourth-order valence-corrected chi connectivity index (χ4v) is 2.07. The van der Waals surface area contributed by atoms with E-state index >= 15 is 0 Å². The van der Waals surface area contributed by atoms with E-state index in [9.17, 15) is 13.2 Å². The lowest BCUT2D eigenvalue weighted by atomic mass is 10.2. The van der Waals surface area contributed by atoms with Crippen LogP contribution in [0.5, 0.6) is 0 Å². The third-order valence-corrected chi connectivity index (χ3v) is 2.82. The third kappa shape index (κ3) is 2.66. The van der Waals surface area contributed by atoms with Gasteiger partial charge in [0.15, 0.2) is 0 Å². The molecule has 0 aliphatic rings. The molecular weight excluding hydrogens is 279 g/mol. The average molecular weight is 288 g/mol. The number of aromatic nitrogens is 2. The number of nitriles is 1. The second-order valence-electron chi connectivity index (χ2n) is 4.07. The second-order valence-corrected chi connectivity index (χ2v) is 4.73. The molecule has 1 aromatic heterocycles. The van der Waals surface area contributed by atoms with E-state index in [2.05, 4.69) is 4.98 Å². The molecule has 3 nitrogen and oxygen atoms in total. The highest BCUT2D eigenvalue weighted by Gasteiger charge is 2.31. The van der Waals surface area contributed by atoms with Gasteiger partial charge in [0.1, 0.15) is 24.0 Å². The number of para-hydroxylation sites is 1. The van der Waals surface area contributed by atoms with Crippen LogP contribution in [0.15, 0.2) is 18.2 Å². The van der Waals surface area contributed by atoms with E-state index in [1.165, 1.54) is 18.2 Å². The van der Waals surface area contributed by atoms with Crippen molar-refractivity contribution in [2.75, 3.05) is 0 Å². The van der Waals surface area contributed by atoms with Gasteiger partial charge in [0.05, 0.1) is 16.5 Å². The highest BCUT2D eigenvalue weighted by atomic mass is 35.5. The van der Waals surface area contributed by atoms with Crippen molar-refractivity contribution in [3.05, 3.63) is 29.6 Å². The SMILES string of the molecule is CC(Cl)c1nc2c(C#N)cccc2n1CC(F)(F)F. The summed E-state index contributed by atoms with van der Waals surface area (Å²) in [5, 5.41) is 8.27. The van der Waals surface area contributed by atoms with Gasteiger partial charge in [0.25, 0.3) is 0 Å². The number of halogens is 4. The van der Waals surface area contributed by atoms with Crippen molar-refractivity contribution in [3.8, 4) is 6.07 Å². The van der Waals surface area contributed by atoms with Crippen LogP contribution >= 0.6 is 11.6 Å². The van der Waals surface area contributed by atoms with Crippen LogP contribution in [0.2, 0.25) is 0 Å². The van der Waals surface area contributed by atoms with Crippen molar-refractivity contribution >= 4 is 22.6 Å². The molecule has 1 unspecified atom stereocenters. The third-order valence-electron chi connectivity index (χ3n) is 2.62. The molecular formula is C12H9ClF3N3. The standard InChI is InChI=1S/C12H9ClF3N3/c1-7(13)11-18-10-8(5-17)3-2-4-9(10)19(11)6-12(14,15)16/h2-4,7H,6H2,1H3. The van der Waals surface area contributed by atoms with Crippen molar-refractivity contribution in [2.45, 2.75) is 25.0 Å². The Morgan fingerprint density at radius 3 is 2.68 bits per heavy atom. The predicted molar refractivity (Wildman–Crippen MR) is 64.8 cm³/mol. The van der Waals surface area contributed by atoms with Gasteiger partial charge >= 0.3 is 6.18 Å². The Balaban J connectivity index is 2.72. The summed E-state index contributed by atoms with van der Waals surface area (Å²) in [6.45, 7) is 0.368. The van der Waals surface area contributed by atoms with E-state index in [1.807, 2.05) is 6.07 Å². The molecule has 1 heterocycles. The van der Waals surface area contributed by atoms with Crippen molar-refractivity contribution in [2.24, 2.45) is 0 Å². The van der Waals surface area contributed by atoms with Crippen molar-refractivity contribution in [1.82, 2.24) is 9.55 Å². The van der Waals surface area contributed by atoms with Gasteiger partial charge in [-0.25, -0.2) is 4.98 Å². The Hall–Kier alpha value is -1.74. The minimum Gasteiger partial charge on any atom is -0.317 e. The van der Waals surface area contributed by atoms with Crippen LogP contribution in [0.4, 0.5) is 13.2 Å². The van der Waals surface area contributed by atoms with Gasteiger partial charge in [-0.15, -0.1) is 11.6 Å². The zero-order valence-corrected chi connectivity index (χ0v) is 10.6. The first-order valence-electron chi connectivity index (χ1n) is 5.43. The average Bonchev–Trinajstić information content (AvgIpc) is 2.66. The van der Waals surface area contributed by atoms with Gasteiger partial charge in [0, 0.05) is 0 Å². The Labute approximate surface area is 112 Å². The summed E-state index contributed by atoms with van der Waals surface area (Å²) in [5.74, 6) is 0.108. The Kier molecular flexibility index (Phi) is 3.42. The number of hydrogen-bond acceptors (Lipinski definition) is 2. The van der Waals surface area contributed by atoms with Gasteiger partial charge < -0.3 is 4.57 Å². The van der Waals surface area contributed by atoms with Crippen LogP contribution in [0.3, 0.4) is 0 Å². The summed E-state index contributed by atoms with van der Waals surface area (Å²) in [6.07, 6.45) is -4.38. The molecule has 0 saturated heterocycles. The molecule has 0 spiro atoms. The van der Waals surface area contributed by atoms with Crippen LogP contribution < -0.4 is 0 Å². The molecule has 0 radical (unpaired) electrons. The summed E-state index contributed by atoms with van der Waals surface area (Å²) in [7, 11) is 0. The molecule has 0 aliphatic carbocycles. The van der Waals surface area contributed by atoms with E-state index in [0.29, 0.717) is 0 Å². The highest BCUT2D eigenvalue weighted by Crippen LogP contribution is 2.29. The molecule has 1 aromatic carbocycles. The fourth-order valence-electron chi connectivity index (χ4n) is 1.90. The summed E-state index contributed by atoms with van der Waals surface area (Å²) in [4.78, 5) is 4.08. The van der Waals surface area contributed by atoms with Crippen LogP contribution in [0.1, 0.15) is 23.7 Å². The molecule has 0 amide bonds. The first kappa shape index (κ1) is 13.7. The molecule has 1 atom stereocenters. The Bertz CT molecular complexity index is 653. The molecule has 0 N–H and O–H groups in total. The van der Waals surface area contributed by atoms with Gasteiger partial charge in [0.2, 0.25) is 0 Å². The van der Waals surface area contributed by atoms with Crippen LogP contribution in [0, 0.1) is 11.3 Å². The maximum Gasteiger partial charge on any atom is 0.406 e. The highest BCUT2D eigenvalue weighted by molar-refractivity contribution is 6.20. The zero-order valence-electron chi connectivity index (χ0n) is 9.87. The van der Waals surface area contributed by atoms with Gasteiger partial charge in [-0.2, -0.15) is 18.4 Å². The van der Waals surface area contributed by atoms with E-state index in [-0.39, 0.29) is 22.4 Å². The lowest BCUT2D eigenvalue weighted by molar-refractivity contribution is -0.140. The first-order chi connectivity index (χ1) is 8.83. The van der Waals surface area contributed by atoms with Crippen LogP contribution in [-0.2, 0) is 6.54 Å².